The second-order valence-corrected chi connectivity index (χ2v) is 10.4. The van der Waals surface area contributed by atoms with Gasteiger partial charge in [0.05, 0.1) is 6.04 Å². The molecule has 2 aliphatic rings. The second kappa shape index (κ2) is 8.40. The van der Waals surface area contributed by atoms with Crippen LogP contribution in [0, 0.1) is 17.3 Å². The van der Waals surface area contributed by atoms with Crippen molar-refractivity contribution < 1.29 is 14.4 Å². The number of rotatable bonds is 6. The van der Waals surface area contributed by atoms with Gasteiger partial charge in [0, 0.05) is 0 Å². The average molecular weight is 414 g/mol. The highest BCUT2D eigenvalue weighted by Crippen LogP contribution is 2.46. The third-order valence-electron chi connectivity index (χ3n) is 6.17. The number of carbonyl (C=O) groups is 3. The van der Waals surface area contributed by atoms with Gasteiger partial charge in [0.2, 0.25) is 5.91 Å². The molecule has 6 heteroatoms. The maximum Gasteiger partial charge on any atom is 0.325 e. The second-order valence-electron chi connectivity index (χ2n) is 10.4. The van der Waals surface area contributed by atoms with Gasteiger partial charge in [-0.15, -0.1) is 0 Å². The van der Waals surface area contributed by atoms with Crippen LogP contribution in [0.2, 0.25) is 0 Å². The molecule has 1 saturated carbocycles. The van der Waals surface area contributed by atoms with E-state index in [0.717, 1.165) is 23.3 Å². The molecule has 1 spiro atoms. The lowest BCUT2D eigenvalue weighted by Crippen LogP contribution is -2.54. The Balaban J connectivity index is 1.71. The predicted octanol–water partition coefficient (Wildman–Crippen LogP) is 4.03. The standard InChI is InChI=1S/C24H35N3O3/c1-16(2)11-19(18-9-7-6-8-10-18)25-20(28)14-27-21(29)24(26-22(27)30)13-17(3)12-23(4,5)15-24/h6-10,16-17,19H,11-15H2,1-5H3,(H,25,28)(H,26,30). The van der Waals surface area contributed by atoms with E-state index in [2.05, 4.69) is 45.3 Å². The fraction of sp³-hybridized carbons (Fsp3) is 0.625. The van der Waals surface area contributed by atoms with Crippen molar-refractivity contribution in [3.8, 4) is 0 Å². The van der Waals surface area contributed by atoms with Gasteiger partial charge < -0.3 is 10.6 Å². The summed E-state index contributed by atoms with van der Waals surface area (Å²) in [5, 5.41) is 5.97. The molecule has 1 aliphatic heterocycles. The zero-order valence-electron chi connectivity index (χ0n) is 18.8. The Morgan fingerprint density at radius 1 is 1.20 bits per heavy atom. The molecule has 2 N–H and O–H groups in total. The molecule has 1 aliphatic carbocycles. The van der Waals surface area contributed by atoms with Gasteiger partial charge in [-0.2, -0.15) is 0 Å². The average Bonchev–Trinajstić information content (AvgIpc) is 2.83. The van der Waals surface area contributed by atoms with E-state index in [9.17, 15) is 14.4 Å². The summed E-state index contributed by atoms with van der Waals surface area (Å²) in [7, 11) is 0. The number of nitrogens with one attached hydrogen (secondary N) is 2. The molecule has 4 amide bonds. The van der Waals surface area contributed by atoms with Crippen LogP contribution in [0.5, 0.6) is 0 Å². The first-order valence-electron chi connectivity index (χ1n) is 11.0. The third-order valence-corrected chi connectivity index (χ3v) is 6.17. The Labute approximate surface area is 179 Å². The Bertz CT molecular complexity index is 805. The quantitative estimate of drug-likeness (QED) is 0.691. The summed E-state index contributed by atoms with van der Waals surface area (Å²) in [5.74, 6) is 0.150. The summed E-state index contributed by atoms with van der Waals surface area (Å²) < 4.78 is 0. The topological polar surface area (TPSA) is 78.5 Å². The van der Waals surface area contributed by atoms with Gasteiger partial charge in [-0.3, -0.25) is 14.5 Å². The minimum atomic E-state index is -0.880. The molecular weight excluding hydrogens is 378 g/mol. The van der Waals surface area contributed by atoms with Crippen molar-refractivity contribution in [1.82, 2.24) is 15.5 Å². The third kappa shape index (κ3) is 4.85. The Hall–Kier alpha value is -2.37. The van der Waals surface area contributed by atoms with E-state index in [-0.39, 0.29) is 29.8 Å². The summed E-state index contributed by atoms with van der Waals surface area (Å²) in [6, 6.07) is 9.20. The maximum atomic E-state index is 13.3. The Kier molecular flexibility index (Phi) is 6.25. The molecule has 3 unspecified atom stereocenters. The van der Waals surface area contributed by atoms with Gasteiger partial charge in [-0.05, 0) is 48.5 Å². The van der Waals surface area contributed by atoms with Crippen LogP contribution in [-0.2, 0) is 9.59 Å². The highest BCUT2D eigenvalue weighted by atomic mass is 16.2. The molecule has 1 aromatic carbocycles. The van der Waals surface area contributed by atoms with Crippen molar-refractivity contribution in [3.05, 3.63) is 35.9 Å². The van der Waals surface area contributed by atoms with Gasteiger partial charge in [0.25, 0.3) is 5.91 Å². The van der Waals surface area contributed by atoms with Gasteiger partial charge >= 0.3 is 6.03 Å². The van der Waals surface area contributed by atoms with E-state index >= 15 is 0 Å². The number of hydrogen-bond donors (Lipinski definition) is 2. The number of hydrogen-bond acceptors (Lipinski definition) is 3. The van der Waals surface area contributed by atoms with Crippen LogP contribution >= 0.6 is 0 Å². The predicted molar refractivity (Wildman–Crippen MR) is 117 cm³/mol. The molecule has 0 aromatic heterocycles. The minimum absolute atomic E-state index is 0.0332. The summed E-state index contributed by atoms with van der Waals surface area (Å²) in [6.07, 6.45) is 3.03. The van der Waals surface area contributed by atoms with Gasteiger partial charge in [-0.1, -0.05) is 65.0 Å². The van der Waals surface area contributed by atoms with Crippen LogP contribution in [0.3, 0.4) is 0 Å². The number of nitrogens with zero attached hydrogens (tertiary/aromatic N) is 1. The fourth-order valence-electron chi connectivity index (χ4n) is 5.47. The minimum Gasteiger partial charge on any atom is -0.348 e. The van der Waals surface area contributed by atoms with Crippen LogP contribution in [-0.4, -0.2) is 34.8 Å². The molecule has 0 bridgehead atoms. The maximum absolute atomic E-state index is 13.3. The SMILES string of the molecule is CC(C)CC(NC(=O)CN1C(=O)NC2(CC(C)CC(C)(C)C2)C1=O)c1ccccc1. The molecule has 1 saturated heterocycles. The number of imide groups is 1. The van der Waals surface area contributed by atoms with Crippen LogP contribution in [0.25, 0.3) is 0 Å². The van der Waals surface area contributed by atoms with Crippen molar-refractivity contribution in [2.75, 3.05) is 6.54 Å². The lowest BCUT2D eigenvalue weighted by molar-refractivity contribution is -0.137. The van der Waals surface area contributed by atoms with Gasteiger partial charge in [0.15, 0.2) is 0 Å². The Morgan fingerprint density at radius 2 is 1.87 bits per heavy atom. The number of benzene rings is 1. The normalized spacial score (nSPS) is 26.7. The summed E-state index contributed by atoms with van der Waals surface area (Å²) in [4.78, 5) is 39.8. The molecular formula is C24H35N3O3. The van der Waals surface area contributed by atoms with E-state index in [1.54, 1.807) is 0 Å². The van der Waals surface area contributed by atoms with Crippen molar-refractivity contribution in [3.63, 3.8) is 0 Å². The molecule has 0 radical (unpaired) electrons. The molecule has 30 heavy (non-hydrogen) atoms. The summed E-state index contributed by atoms with van der Waals surface area (Å²) in [5.41, 5.74) is 0.111. The van der Waals surface area contributed by atoms with Crippen LogP contribution in [0.4, 0.5) is 4.79 Å². The Morgan fingerprint density at radius 3 is 2.47 bits per heavy atom. The first-order valence-corrected chi connectivity index (χ1v) is 11.0. The van der Waals surface area contributed by atoms with Crippen molar-refractivity contribution in [1.29, 1.82) is 0 Å². The largest absolute Gasteiger partial charge is 0.348 e. The summed E-state index contributed by atoms with van der Waals surface area (Å²) >= 11 is 0. The van der Waals surface area contributed by atoms with Crippen molar-refractivity contribution >= 4 is 17.8 Å². The molecule has 3 rings (SSSR count). The van der Waals surface area contributed by atoms with Crippen LogP contribution in [0.1, 0.15) is 71.9 Å². The molecule has 1 aromatic rings. The highest BCUT2D eigenvalue weighted by Gasteiger charge is 2.56. The monoisotopic (exact) mass is 413 g/mol. The zero-order chi connectivity index (χ0) is 22.1. The molecule has 2 fully saturated rings. The summed E-state index contributed by atoms with van der Waals surface area (Å²) in [6.45, 7) is 10.4. The number of carbonyl (C=O) groups excluding carboxylic acids is 3. The highest BCUT2D eigenvalue weighted by molar-refractivity contribution is 6.09. The van der Waals surface area contributed by atoms with E-state index < -0.39 is 11.6 Å². The lowest BCUT2D eigenvalue weighted by Gasteiger charge is -2.43. The molecule has 164 valence electrons. The van der Waals surface area contributed by atoms with Crippen LogP contribution in [0.15, 0.2) is 30.3 Å². The number of amides is 4. The van der Waals surface area contributed by atoms with Gasteiger partial charge in [-0.25, -0.2) is 4.79 Å². The van der Waals surface area contributed by atoms with E-state index in [0.29, 0.717) is 24.7 Å². The van der Waals surface area contributed by atoms with Crippen molar-refractivity contribution in [2.24, 2.45) is 17.3 Å². The van der Waals surface area contributed by atoms with Gasteiger partial charge in [0.1, 0.15) is 12.1 Å². The first kappa shape index (κ1) is 22.3. The van der Waals surface area contributed by atoms with E-state index in [1.165, 1.54) is 0 Å². The molecule has 6 nitrogen and oxygen atoms in total. The fourth-order valence-corrected chi connectivity index (χ4v) is 5.47. The van der Waals surface area contributed by atoms with Crippen LogP contribution < -0.4 is 10.6 Å². The number of urea groups is 1. The first-order chi connectivity index (χ1) is 14.0. The smallest absolute Gasteiger partial charge is 0.325 e. The molecule has 1 heterocycles. The van der Waals surface area contributed by atoms with E-state index in [1.807, 2.05) is 30.3 Å². The van der Waals surface area contributed by atoms with E-state index in [4.69, 9.17) is 0 Å². The van der Waals surface area contributed by atoms with Crippen molar-refractivity contribution in [2.45, 2.75) is 71.9 Å². The molecule has 3 atom stereocenters. The zero-order valence-corrected chi connectivity index (χ0v) is 18.8. The lowest BCUT2D eigenvalue weighted by atomic mass is 9.64.